The Morgan fingerprint density at radius 3 is 2.41 bits per heavy atom. The number of nitrogens with zero attached hydrogens (tertiary/aromatic N) is 2. The zero-order valence-corrected chi connectivity index (χ0v) is 9.58. The van der Waals surface area contributed by atoms with Crippen molar-refractivity contribution in [3.05, 3.63) is 23.8 Å². The molecule has 0 N–H and O–H groups in total. The van der Waals surface area contributed by atoms with Crippen LogP contribution >= 0.6 is 0 Å². The number of aliphatic imine (C=N–C) groups is 2. The quantitative estimate of drug-likeness (QED) is 0.801. The van der Waals surface area contributed by atoms with Crippen molar-refractivity contribution in [1.82, 2.24) is 0 Å². The van der Waals surface area contributed by atoms with Crippen LogP contribution in [0.5, 0.6) is 11.5 Å². The van der Waals surface area contributed by atoms with Gasteiger partial charge >= 0.3 is 6.03 Å². The maximum atomic E-state index is 10.8. The van der Waals surface area contributed by atoms with Gasteiger partial charge in [0.1, 0.15) is 11.5 Å². The summed E-state index contributed by atoms with van der Waals surface area (Å²) in [5.41, 5.74) is 0.897. The number of carbonyl (C=O) groups excluding carboxylic acids is 1. The van der Waals surface area contributed by atoms with Crippen LogP contribution in [-0.4, -0.2) is 32.7 Å². The van der Waals surface area contributed by atoms with E-state index in [4.69, 9.17) is 9.47 Å². The summed E-state index contributed by atoms with van der Waals surface area (Å²) in [6.45, 7) is 0. The number of ether oxygens (including phenoxy) is 2. The molecule has 0 atom stereocenters. The van der Waals surface area contributed by atoms with E-state index in [1.165, 1.54) is 0 Å². The van der Waals surface area contributed by atoms with Gasteiger partial charge in [-0.3, -0.25) is 0 Å². The first-order valence-electron chi connectivity index (χ1n) is 5.09. The number of hydrogen-bond donors (Lipinski definition) is 0. The fourth-order valence-corrected chi connectivity index (χ4v) is 1.61. The molecule has 88 valence electrons. The molecule has 0 spiro atoms. The molecule has 1 aromatic carbocycles. The second kappa shape index (κ2) is 4.78. The van der Waals surface area contributed by atoms with Crippen LogP contribution in [0.15, 0.2) is 28.2 Å². The average molecular weight is 232 g/mol. The summed E-state index contributed by atoms with van der Waals surface area (Å²) in [5.74, 6) is 1.25. The van der Waals surface area contributed by atoms with Crippen LogP contribution in [0.3, 0.4) is 0 Å². The van der Waals surface area contributed by atoms with Crippen molar-refractivity contribution in [3.8, 4) is 11.5 Å². The molecule has 1 aromatic rings. The topological polar surface area (TPSA) is 60.2 Å². The third kappa shape index (κ3) is 2.33. The van der Waals surface area contributed by atoms with Crippen molar-refractivity contribution in [2.75, 3.05) is 14.2 Å². The minimum Gasteiger partial charge on any atom is -0.497 e. The number of hydrogen-bond acceptors (Lipinski definition) is 3. The minimum atomic E-state index is -0.478. The van der Waals surface area contributed by atoms with E-state index >= 15 is 0 Å². The molecule has 17 heavy (non-hydrogen) atoms. The highest BCUT2D eigenvalue weighted by atomic mass is 16.5. The maximum absolute atomic E-state index is 10.8. The van der Waals surface area contributed by atoms with Crippen molar-refractivity contribution >= 4 is 18.5 Å². The zero-order chi connectivity index (χ0) is 12.3. The first-order chi connectivity index (χ1) is 8.24. The lowest BCUT2D eigenvalue weighted by Gasteiger charge is -2.14. The second-order valence-electron chi connectivity index (χ2n) is 3.47. The molecule has 5 heteroatoms. The molecule has 2 rings (SSSR count). The third-order valence-electron chi connectivity index (χ3n) is 2.49. The Hall–Kier alpha value is -2.17. The van der Waals surface area contributed by atoms with Gasteiger partial charge in [-0.2, -0.15) is 0 Å². The summed E-state index contributed by atoms with van der Waals surface area (Å²) in [4.78, 5) is 18.2. The van der Waals surface area contributed by atoms with Gasteiger partial charge in [-0.05, 0) is 6.07 Å². The van der Waals surface area contributed by atoms with Gasteiger partial charge in [0, 0.05) is 24.1 Å². The van der Waals surface area contributed by atoms with E-state index in [2.05, 4.69) is 9.98 Å². The Morgan fingerprint density at radius 1 is 1.12 bits per heavy atom. The smallest absolute Gasteiger partial charge is 0.366 e. The van der Waals surface area contributed by atoms with E-state index in [1.807, 2.05) is 12.1 Å². The van der Waals surface area contributed by atoms with Crippen LogP contribution in [0.25, 0.3) is 0 Å². The number of urea groups is 1. The first-order valence-corrected chi connectivity index (χ1v) is 5.09. The molecule has 2 amide bonds. The molecular formula is C12H12N2O3. The van der Waals surface area contributed by atoms with Gasteiger partial charge in [-0.1, -0.05) is 6.07 Å². The molecular weight excluding hydrogens is 220 g/mol. The lowest BCUT2D eigenvalue weighted by molar-refractivity contribution is 0.257. The number of carbonyl (C=O) groups is 1. The minimum absolute atomic E-state index is 0.145. The third-order valence-corrected chi connectivity index (χ3v) is 2.49. The highest BCUT2D eigenvalue weighted by Crippen LogP contribution is 2.29. The van der Waals surface area contributed by atoms with E-state index in [-0.39, 0.29) is 5.92 Å². The Morgan fingerprint density at radius 2 is 1.82 bits per heavy atom. The van der Waals surface area contributed by atoms with Crippen molar-refractivity contribution in [3.63, 3.8) is 0 Å². The predicted octanol–water partition coefficient (Wildman–Crippen LogP) is 2.06. The Kier molecular flexibility index (Phi) is 3.18. The van der Waals surface area contributed by atoms with Crippen LogP contribution in [0.4, 0.5) is 4.79 Å². The van der Waals surface area contributed by atoms with E-state index in [0.717, 1.165) is 5.56 Å². The van der Waals surface area contributed by atoms with Crippen LogP contribution < -0.4 is 9.47 Å². The number of rotatable bonds is 3. The highest BCUT2D eigenvalue weighted by molar-refractivity contribution is 6.04. The van der Waals surface area contributed by atoms with Gasteiger partial charge in [0.05, 0.1) is 20.1 Å². The summed E-state index contributed by atoms with van der Waals surface area (Å²) in [5, 5.41) is 0. The molecule has 0 saturated heterocycles. The molecule has 0 unspecified atom stereocenters. The Balaban J connectivity index is 2.35. The lowest BCUT2D eigenvalue weighted by atomic mass is 9.99. The number of amides is 2. The van der Waals surface area contributed by atoms with Crippen LogP contribution in [0, 0.1) is 0 Å². The largest absolute Gasteiger partial charge is 0.497 e. The first kappa shape index (κ1) is 11.3. The van der Waals surface area contributed by atoms with E-state index in [0.29, 0.717) is 11.5 Å². The monoisotopic (exact) mass is 232 g/mol. The van der Waals surface area contributed by atoms with Crippen LogP contribution in [0.1, 0.15) is 11.5 Å². The highest BCUT2D eigenvalue weighted by Gasteiger charge is 2.16. The van der Waals surface area contributed by atoms with Gasteiger partial charge in [0.2, 0.25) is 0 Å². The molecule has 0 radical (unpaired) electrons. The van der Waals surface area contributed by atoms with Crippen LogP contribution in [0.2, 0.25) is 0 Å². The molecule has 1 aliphatic rings. The lowest BCUT2D eigenvalue weighted by Crippen LogP contribution is -2.10. The van der Waals surface area contributed by atoms with E-state index in [1.54, 1.807) is 32.7 Å². The number of methoxy groups -OCH3 is 2. The Labute approximate surface area is 98.8 Å². The summed E-state index contributed by atoms with van der Waals surface area (Å²) >= 11 is 0. The summed E-state index contributed by atoms with van der Waals surface area (Å²) in [7, 11) is 3.18. The van der Waals surface area contributed by atoms with Gasteiger partial charge < -0.3 is 9.47 Å². The molecule has 5 nitrogen and oxygen atoms in total. The van der Waals surface area contributed by atoms with Crippen molar-refractivity contribution in [2.45, 2.75) is 5.92 Å². The van der Waals surface area contributed by atoms with Gasteiger partial charge in [0.15, 0.2) is 0 Å². The normalized spacial score (nSPS) is 15.1. The fourth-order valence-electron chi connectivity index (χ4n) is 1.61. The van der Waals surface area contributed by atoms with E-state index < -0.39 is 6.03 Å². The average Bonchev–Trinajstić information content (AvgIpc) is 2.39. The SMILES string of the molecule is COc1ccc(C2C=NC(=O)N=C2)c(OC)c1. The van der Waals surface area contributed by atoms with Crippen molar-refractivity contribution in [2.24, 2.45) is 9.98 Å². The molecule has 1 aliphatic heterocycles. The van der Waals surface area contributed by atoms with Gasteiger partial charge in [0.25, 0.3) is 0 Å². The molecule has 0 saturated carbocycles. The zero-order valence-electron chi connectivity index (χ0n) is 9.58. The van der Waals surface area contributed by atoms with Crippen molar-refractivity contribution in [1.29, 1.82) is 0 Å². The predicted molar refractivity (Wildman–Crippen MR) is 64.7 cm³/mol. The van der Waals surface area contributed by atoms with Gasteiger partial charge in [-0.25, -0.2) is 14.8 Å². The fraction of sp³-hybridized carbons (Fsp3) is 0.250. The molecule has 0 fully saturated rings. The summed E-state index contributed by atoms with van der Waals surface area (Å²) in [6.07, 6.45) is 3.11. The Bertz CT molecular complexity index is 479. The molecule has 0 bridgehead atoms. The number of benzene rings is 1. The van der Waals surface area contributed by atoms with Gasteiger partial charge in [-0.15, -0.1) is 0 Å². The second-order valence-corrected chi connectivity index (χ2v) is 3.47. The van der Waals surface area contributed by atoms with Crippen molar-refractivity contribution < 1.29 is 14.3 Å². The summed E-state index contributed by atoms with van der Waals surface area (Å²) in [6, 6.07) is 5.01. The standard InChI is InChI=1S/C12H12N2O3/c1-16-9-3-4-10(11(5-9)17-2)8-6-13-12(15)14-7-8/h3-8H,1-2H3. The van der Waals surface area contributed by atoms with E-state index in [9.17, 15) is 4.79 Å². The molecule has 0 aliphatic carbocycles. The molecule has 1 heterocycles. The van der Waals surface area contributed by atoms with Crippen LogP contribution in [-0.2, 0) is 0 Å². The molecule has 0 aromatic heterocycles. The maximum Gasteiger partial charge on any atom is 0.366 e. The summed E-state index contributed by atoms with van der Waals surface area (Å²) < 4.78 is 10.4.